The average molecular weight is 345 g/mol. The van der Waals surface area contributed by atoms with Crippen LogP contribution in [0.5, 0.6) is 0 Å². The third-order valence-electron chi connectivity index (χ3n) is 5.43. The van der Waals surface area contributed by atoms with E-state index in [4.69, 9.17) is 0 Å². The summed E-state index contributed by atoms with van der Waals surface area (Å²) in [5, 5.41) is 6.46. The van der Waals surface area contributed by atoms with E-state index in [-0.39, 0.29) is 5.91 Å². The molecule has 0 radical (unpaired) electrons. The van der Waals surface area contributed by atoms with Gasteiger partial charge in [0.2, 0.25) is 5.91 Å². The standard InChI is InChI=1S/C20H32N4O/c1-17-3-2-4-19(15-17)24-13-11-23(12-14-24)10-7-20(25)22-9-6-18-5-8-21-16-18/h2-4,15,18,21H,5-14,16H2,1H3,(H,22,25). The molecule has 1 atom stereocenters. The molecule has 2 heterocycles. The van der Waals surface area contributed by atoms with Crippen LogP contribution in [0.3, 0.4) is 0 Å². The predicted molar refractivity (Wildman–Crippen MR) is 103 cm³/mol. The SMILES string of the molecule is Cc1cccc(N2CCN(CCC(=O)NCCC3CCNC3)CC2)c1. The molecule has 25 heavy (non-hydrogen) atoms. The zero-order valence-electron chi connectivity index (χ0n) is 15.5. The number of nitrogens with zero attached hydrogens (tertiary/aromatic N) is 2. The maximum absolute atomic E-state index is 12.0. The molecule has 5 nitrogen and oxygen atoms in total. The first-order valence-electron chi connectivity index (χ1n) is 9.72. The molecule has 2 saturated heterocycles. The van der Waals surface area contributed by atoms with Crippen molar-refractivity contribution in [3.05, 3.63) is 29.8 Å². The Bertz CT molecular complexity index is 548. The quantitative estimate of drug-likeness (QED) is 0.789. The molecule has 1 amide bonds. The summed E-state index contributed by atoms with van der Waals surface area (Å²) in [6, 6.07) is 8.71. The minimum Gasteiger partial charge on any atom is -0.369 e. The fourth-order valence-electron chi connectivity index (χ4n) is 3.78. The molecule has 2 fully saturated rings. The van der Waals surface area contributed by atoms with Crippen LogP contribution in [-0.4, -0.2) is 63.2 Å². The van der Waals surface area contributed by atoms with Crippen molar-refractivity contribution in [1.82, 2.24) is 15.5 Å². The van der Waals surface area contributed by atoms with Gasteiger partial charge in [-0.2, -0.15) is 0 Å². The van der Waals surface area contributed by atoms with Gasteiger partial charge in [-0.15, -0.1) is 0 Å². The predicted octanol–water partition coefficient (Wildman–Crippen LogP) is 1.62. The van der Waals surface area contributed by atoms with Gasteiger partial charge in [-0.3, -0.25) is 9.69 Å². The highest BCUT2D eigenvalue weighted by Gasteiger charge is 2.18. The number of nitrogens with one attached hydrogen (secondary N) is 2. The first-order valence-corrected chi connectivity index (χ1v) is 9.72. The van der Waals surface area contributed by atoms with Crippen molar-refractivity contribution in [3.63, 3.8) is 0 Å². The van der Waals surface area contributed by atoms with Crippen molar-refractivity contribution in [2.24, 2.45) is 5.92 Å². The summed E-state index contributed by atoms with van der Waals surface area (Å²) in [6.45, 7) is 10.2. The lowest BCUT2D eigenvalue weighted by molar-refractivity contribution is -0.121. The fourth-order valence-corrected chi connectivity index (χ4v) is 3.78. The largest absolute Gasteiger partial charge is 0.369 e. The Kier molecular flexibility index (Phi) is 6.70. The highest BCUT2D eigenvalue weighted by molar-refractivity contribution is 5.76. The van der Waals surface area contributed by atoms with Gasteiger partial charge in [0.05, 0.1) is 0 Å². The molecule has 0 aliphatic carbocycles. The van der Waals surface area contributed by atoms with E-state index in [9.17, 15) is 4.79 Å². The molecule has 0 saturated carbocycles. The maximum Gasteiger partial charge on any atom is 0.221 e. The first kappa shape index (κ1) is 18.2. The topological polar surface area (TPSA) is 47.6 Å². The number of piperazine rings is 1. The molecule has 138 valence electrons. The molecule has 2 aliphatic rings. The van der Waals surface area contributed by atoms with Crippen LogP contribution in [0.1, 0.15) is 24.8 Å². The molecule has 2 N–H and O–H groups in total. The first-order chi connectivity index (χ1) is 12.2. The number of hydrogen-bond donors (Lipinski definition) is 2. The monoisotopic (exact) mass is 344 g/mol. The van der Waals surface area contributed by atoms with Gasteiger partial charge >= 0.3 is 0 Å². The van der Waals surface area contributed by atoms with Gasteiger partial charge in [0.1, 0.15) is 0 Å². The molecule has 0 bridgehead atoms. The summed E-state index contributed by atoms with van der Waals surface area (Å²) in [4.78, 5) is 16.9. The lowest BCUT2D eigenvalue weighted by Crippen LogP contribution is -2.47. The van der Waals surface area contributed by atoms with Crippen LogP contribution < -0.4 is 15.5 Å². The molecular formula is C20H32N4O. The molecule has 1 unspecified atom stereocenters. The van der Waals surface area contributed by atoms with Gasteiger partial charge in [0.25, 0.3) is 0 Å². The van der Waals surface area contributed by atoms with Gasteiger partial charge in [-0.25, -0.2) is 0 Å². The van der Waals surface area contributed by atoms with Crippen LogP contribution >= 0.6 is 0 Å². The maximum atomic E-state index is 12.0. The zero-order valence-corrected chi connectivity index (χ0v) is 15.5. The van der Waals surface area contributed by atoms with Crippen LogP contribution in [0, 0.1) is 12.8 Å². The van der Waals surface area contributed by atoms with E-state index in [1.165, 1.54) is 17.7 Å². The molecular weight excluding hydrogens is 312 g/mol. The van der Waals surface area contributed by atoms with Gasteiger partial charge in [-0.1, -0.05) is 12.1 Å². The number of carbonyl (C=O) groups is 1. The lowest BCUT2D eigenvalue weighted by Gasteiger charge is -2.36. The van der Waals surface area contributed by atoms with E-state index in [2.05, 4.69) is 51.6 Å². The highest BCUT2D eigenvalue weighted by Crippen LogP contribution is 2.17. The van der Waals surface area contributed by atoms with E-state index in [1.54, 1.807) is 0 Å². The van der Waals surface area contributed by atoms with Crippen molar-refractivity contribution in [2.75, 3.05) is 57.3 Å². The van der Waals surface area contributed by atoms with Crippen LogP contribution in [0.4, 0.5) is 5.69 Å². The fraction of sp³-hybridized carbons (Fsp3) is 0.650. The van der Waals surface area contributed by atoms with Crippen molar-refractivity contribution < 1.29 is 4.79 Å². The second-order valence-electron chi connectivity index (χ2n) is 7.42. The van der Waals surface area contributed by atoms with Crippen molar-refractivity contribution in [2.45, 2.75) is 26.2 Å². The summed E-state index contributed by atoms with van der Waals surface area (Å²) >= 11 is 0. The van der Waals surface area contributed by atoms with E-state index in [0.29, 0.717) is 6.42 Å². The van der Waals surface area contributed by atoms with Gasteiger partial charge < -0.3 is 15.5 Å². The minimum absolute atomic E-state index is 0.201. The van der Waals surface area contributed by atoms with Gasteiger partial charge in [0, 0.05) is 51.4 Å². The molecule has 2 aliphatic heterocycles. The summed E-state index contributed by atoms with van der Waals surface area (Å²) in [6.07, 6.45) is 2.97. The van der Waals surface area contributed by atoms with Crippen LogP contribution in [0.25, 0.3) is 0 Å². The van der Waals surface area contributed by atoms with Crippen molar-refractivity contribution in [3.8, 4) is 0 Å². The molecule has 1 aromatic carbocycles. The van der Waals surface area contributed by atoms with E-state index >= 15 is 0 Å². The lowest BCUT2D eigenvalue weighted by atomic mass is 10.1. The third kappa shape index (κ3) is 5.72. The molecule has 0 spiro atoms. The number of aryl methyl sites for hydroxylation is 1. The smallest absolute Gasteiger partial charge is 0.221 e. The van der Waals surface area contributed by atoms with Gasteiger partial charge in [-0.05, 0) is 56.5 Å². The van der Waals surface area contributed by atoms with Crippen LogP contribution in [-0.2, 0) is 4.79 Å². The number of rotatable bonds is 7. The summed E-state index contributed by atoms with van der Waals surface area (Å²) in [7, 11) is 0. The summed E-state index contributed by atoms with van der Waals surface area (Å²) in [5.74, 6) is 0.946. The Balaban J connectivity index is 1.30. The van der Waals surface area contributed by atoms with Gasteiger partial charge in [0.15, 0.2) is 0 Å². The molecule has 0 aromatic heterocycles. The van der Waals surface area contributed by atoms with E-state index in [1.807, 2.05) is 0 Å². The highest BCUT2D eigenvalue weighted by atomic mass is 16.1. The molecule has 5 heteroatoms. The van der Waals surface area contributed by atoms with Crippen LogP contribution in [0.15, 0.2) is 24.3 Å². The number of hydrogen-bond acceptors (Lipinski definition) is 4. The number of anilines is 1. The Morgan fingerprint density at radius 1 is 1.28 bits per heavy atom. The Labute approximate surface area is 151 Å². The number of amides is 1. The normalized spacial score (nSPS) is 21.5. The van der Waals surface area contributed by atoms with Crippen molar-refractivity contribution in [1.29, 1.82) is 0 Å². The zero-order chi connectivity index (χ0) is 17.5. The Hall–Kier alpha value is -1.59. The van der Waals surface area contributed by atoms with E-state index < -0.39 is 0 Å². The number of carbonyl (C=O) groups excluding carboxylic acids is 1. The Morgan fingerprint density at radius 2 is 2.12 bits per heavy atom. The summed E-state index contributed by atoms with van der Waals surface area (Å²) in [5.41, 5.74) is 2.63. The van der Waals surface area contributed by atoms with E-state index in [0.717, 1.165) is 64.7 Å². The number of benzene rings is 1. The second kappa shape index (κ2) is 9.20. The molecule has 1 aromatic rings. The molecule has 3 rings (SSSR count). The van der Waals surface area contributed by atoms with Crippen LogP contribution in [0.2, 0.25) is 0 Å². The summed E-state index contributed by atoms with van der Waals surface area (Å²) < 4.78 is 0. The van der Waals surface area contributed by atoms with Crippen molar-refractivity contribution >= 4 is 11.6 Å². The third-order valence-corrected chi connectivity index (χ3v) is 5.43. The average Bonchev–Trinajstić information content (AvgIpc) is 3.14. The minimum atomic E-state index is 0.201. The second-order valence-corrected chi connectivity index (χ2v) is 7.42. The Morgan fingerprint density at radius 3 is 2.84 bits per heavy atom.